The van der Waals surface area contributed by atoms with Gasteiger partial charge in [0, 0.05) is 11.1 Å². The van der Waals surface area contributed by atoms with Gasteiger partial charge in [-0.25, -0.2) is 9.78 Å². The molecule has 0 saturated heterocycles. The molecule has 5 nitrogen and oxygen atoms in total. The maximum atomic E-state index is 11.5. The third-order valence-electron chi connectivity index (χ3n) is 3.24. The van der Waals surface area contributed by atoms with Gasteiger partial charge in [0.15, 0.2) is 6.04 Å². The van der Waals surface area contributed by atoms with Crippen molar-refractivity contribution in [2.75, 3.05) is 20.0 Å². The van der Waals surface area contributed by atoms with Crippen LogP contribution in [0.5, 0.6) is 5.75 Å². The fourth-order valence-electron chi connectivity index (χ4n) is 2.12. The molecule has 108 valence electrons. The van der Waals surface area contributed by atoms with E-state index in [4.69, 9.17) is 9.47 Å². The molecule has 3 rings (SSSR count). The predicted molar refractivity (Wildman–Crippen MR) is 83.1 cm³/mol. The maximum Gasteiger partial charge on any atom is 0.331 e. The number of hydrogen-bond acceptors (Lipinski definition) is 6. The Morgan fingerprint density at radius 1 is 1.29 bits per heavy atom. The molecule has 2 heterocycles. The van der Waals surface area contributed by atoms with Crippen LogP contribution in [-0.4, -0.2) is 42.0 Å². The van der Waals surface area contributed by atoms with Crippen molar-refractivity contribution < 1.29 is 14.3 Å². The molecule has 21 heavy (non-hydrogen) atoms. The molecule has 0 spiro atoms. The van der Waals surface area contributed by atoms with Crippen molar-refractivity contribution in [1.82, 2.24) is 4.98 Å². The molecule has 0 aliphatic carbocycles. The van der Waals surface area contributed by atoms with Crippen molar-refractivity contribution in [3.8, 4) is 5.75 Å². The Hall–Kier alpha value is -2.08. The first-order valence-electron chi connectivity index (χ1n) is 6.45. The number of esters is 1. The summed E-state index contributed by atoms with van der Waals surface area (Å²) in [4.78, 5) is 20.5. The van der Waals surface area contributed by atoms with Gasteiger partial charge in [0.2, 0.25) is 0 Å². The number of aromatic nitrogens is 1. The maximum absolute atomic E-state index is 11.5. The smallest absolute Gasteiger partial charge is 0.331 e. The van der Waals surface area contributed by atoms with Crippen molar-refractivity contribution in [2.24, 2.45) is 4.99 Å². The SMILES string of the molecule is COC(=O)[C@H]1CSC(c2ccc3cc(OC)ccc3n2)=N1. The van der Waals surface area contributed by atoms with E-state index in [-0.39, 0.29) is 5.97 Å². The van der Waals surface area contributed by atoms with Crippen molar-refractivity contribution in [3.63, 3.8) is 0 Å². The van der Waals surface area contributed by atoms with Crippen LogP contribution in [0, 0.1) is 0 Å². The number of hydrogen-bond donors (Lipinski definition) is 0. The Morgan fingerprint density at radius 3 is 2.90 bits per heavy atom. The molecular weight excluding hydrogens is 288 g/mol. The lowest BCUT2D eigenvalue weighted by atomic mass is 10.2. The predicted octanol–water partition coefficient (Wildman–Crippen LogP) is 2.28. The zero-order valence-electron chi connectivity index (χ0n) is 11.7. The number of rotatable bonds is 3. The molecule has 1 aliphatic rings. The lowest BCUT2D eigenvalue weighted by Gasteiger charge is -2.04. The van der Waals surface area contributed by atoms with Gasteiger partial charge in [0.1, 0.15) is 10.8 Å². The summed E-state index contributed by atoms with van der Waals surface area (Å²) in [7, 11) is 3.02. The highest BCUT2D eigenvalue weighted by Crippen LogP contribution is 2.25. The molecule has 0 fully saturated rings. The van der Waals surface area contributed by atoms with E-state index in [2.05, 4.69) is 9.98 Å². The lowest BCUT2D eigenvalue weighted by molar-refractivity contribution is -0.141. The van der Waals surface area contributed by atoms with Crippen LogP contribution >= 0.6 is 11.8 Å². The lowest BCUT2D eigenvalue weighted by Crippen LogP contribution is -2.19. The summed E-state index contributed by atoms with van der Waals surface area (Å²) in [5.74, 6) is 1.10. The minimum atomic E-state index is -0.427. The number of pyridine rings is 1. The van der Waals surface area contributed by atoms with Crippen LogP contribution < -0.4 is 4.74 Å². The van der Waals surface area contributed by atoms with Gasteiger partial charge in [0.25, 0.3) is 0 Å². The van der Waals surface area contributed by atoms with E-state index >= 15 is 0 Å². The molecule has 0 unspecified atom stereocenters. The highest BCUT2D eigenvalue weighted by molar-refractivity contribution is 8.14. The fourth-order valence-corrected chi connectivity index (χ4v) is 3.11. The van der Waals surface area contributed by atoms with Crippen molar-refractivity contribution in [1.29, 1.82) is 0 Å². The Labute approximate surface area is 126 Å². The number of thioether (sulfide) groups is 1. The van der Waals surface area contributed by atoms with E-state index in [1.807, 2.05) is 30.3 Å². The van der Waals surface area contributed by atoms with Crippen LogP contribution in [0.2, 0.25) is 0 Å². The molecular formula is C15H14N2O3S. The minimum absolute atomic E-state index is 0.303. The Balaban J connectivity index is 1.93. The van der Waals surface area contributed by atoms with E-state index in [0.717, 1.165) is 27.4 Å². The first-order valence-corrected chi connectivity index (χ1v) is 7.43. The standard InChI is InChI=1S/C15H14N2O3S/c1-19-10-4-6-11-9(7-10)3-5-12(16-11)14-17-13(8-21-14)15(18)20-2/h3-7,13H,8H2,1-2H3/t13-/m1/s1. The third-order valence-corrected chi connectivity index (χ3v) is 4.31. The first-order chi connectivity index (χ1) is 10.2. The number of benzene rings is 1. The molecule has 0 N–H and O–H groups in total. The van der Waals surface area contributed by atoms with Gasteiger partial charge in [-0.2, -0.15) is 0 Å². The van der Waals surface area contributed by atoms with E-state index in [9.17, 15) is 4.79 Å². The Bertz CT molecular complexity index is 730. The van der Waals surface area contributed by atoms with Gasteiger partial charge in [0.05, 0.1) is 25.4 Å². The highest BCUT2D eigenvalue weighted by atomic mass is 32.2. The van der Waals surface area contributed by atoms with Gasteiger partial charge in [-0.1, -0.05) is 6.07 Å². The molecule has 1 atom stereocenters. The van der Waals surface area contributed by atoms with E-state index < -0.39 is 6.04 Å². The second kappa shape index (κ2) is 5.73. The number of aliphatic imine (C=N–C) groups is 1. The Kier molecular flexibility index (Phi) is 3.79. The zero-order chi connectivity index (χ0) is 14.8. The summed E-state index contributed by atoms with van der Waals surface area (Å²) in [6, 6.07) is 9.19. The molecule has 1 aromatic heterocycles. The Morgan fingerprint density at radius 2 is 2.14 bits per heavy atom. The molecule has 1 aromatic carbocycles. The average Bonchev–Trinajstić information content (AvgIpc) is 3.03. The van der Waals surface area contributed by atoms with Crippen LogP contribution in [0.25, 0.3) is 10.9 Å². The van der Waals surface area contributed by atoms with Gasteiger partial charge in [-0.05, 0) is 24.3 Å². The summed E-state index contributed by atoms with van der Waals surface area (Å²) in [6.45, 7) is 0. The summed E-state index contributed by atoms with van der Waals surface area (Å²) in [6.07, 6.45) is 0. The van der Waals surface area contributed by atoms with Gasteiger partial charge in [-0.3, -0.25) is 4.99 Å². The van der Waals surface area contributed by atoms with Crippen molar-refractivity contribution in [3.05, 3.63) is 36.0 Å². The van der Waals surface area contributed by atoms with Crippen LogP contribution in [0.15, 0.2) is 35.3 Å². The van der Waals surface area contributed by atoms with Gasteiger partial charge >= 0.3 is 5.97 Å². The van der Waals surface area contributed by atoms with Crippen molar-refractivity contribution in [2.45, 2.75) is 6.04 Å². The normalized spacial score (nSPS) is 17.6. The summed E-state index contributed by atoms with van der Waals surface area (Å²) in [5, 5.41) is 1.79. The fraction of sp³-hybridized carbons (Fsp3) is 0.267. The molecule has 1 aliphatic heterocycles. The summed E-state index contributed by atoms with van der Waals surface area (Å²) in [5.41, 5.74) is 1.65. The number of carbonyl (C=O) groups is 1. The largest absolute Gasteiger partial charge is 0.497 e. The first kappa shape index (κ1) is 13.9. The van der Waals surface area contributed by atoms with E-state index in [1.165, 1.54) is 18.9 Å². The van der Waals surface area contributed by atoms with Crippen LogP contribution in [0.1, 0.15) is 5.69 Å². The number of ether oxygens (including phenoxy) is 2. The quantitative estimate of drug-likeness (QED) is 0.814. The molecule has 0 radical (unpaired) electrons. The molecule has 0 saturated carbocycles. The van der Waals surface area contributed by atoms with Crippen LogP contribution in [0.4, 0.5) is 0 Å². The summed E-state index contributed by atoms with van der Waals surface area (Å²) >= 11 is 1.53. The minimum Gasteiger partial charge on any atom is -0.497 e. The molecule has 0 bridgehead atoms. The summed E-state index contributed by atoms with van der Waals surface area (Å²) < 4.78 is 9.92. The molecule has 2 aromatic rings. The second-order valence-electron chi connectivity index (χ2n) is 4.54. The molecule has 6 heteroatoms. The van der Waals surface area contributed by atoms with Crippen LogP contribution in [0.3, 0.4) is 0 Å². The van der Waals surface area contributed by atoms with Crippen molar-refractivity contribution >= 4 is 33.7 Å². The third kappa shape index (κ3) is 2.71. The monoisotopic (exact) mass is 302 g/mol. The number of carbonyl (C=O) groups excluding carboxylic acids is 1. The second-order valence-corrected chi connectivity index (χ2v) is 5.55. The van der Waals surface area contributed by atoms with Crippen LogP contribution in [-0.2, 0) is 9.53 Å². The van der Waals surface area contributed by atoms with E-state index in [0.29, 0.717) is 5.75 Å². The van der Waals surface area contributed by atoms with Gasteiger partial charge in [-0.15, -0.1) is 11.8 Å². The highest BCUT2D eigenvalue weighted by Gasteiger charge is 2.26. The molecule has 0 amide bonds. The number of nitrogens with zero attached hydrogens (tertiary/aromatic N) is 2. The topological polar surface area (TPSA) is 60.8 Å². The number of methoxy groups -OCH3 is 2. The van der Waals surface area contributed by atoms with Gasteiger partial charge < -0.3 is 9.47 Å². The number of fused-ring (bicyclic) bond motifs is 1. The average molecular weight is 302 g/mol. The van der Waals surface area contributed by atoms with E-state index in [1.54, 1.807) is 7.11 Å². The zero-order valence-corrected chi connectivity index (χ0v) is 12.5.